The molecule has 0 aliphatic carbocycles. The largest absolute Gasteiger partial charge is 0.300 e. The van der Waals surface area contributed by atoms with E-state index < -0.39 is 0 Å². The van der Waals surface area contributed by atoms with E-state index in [1.54, 1.807) is 6.92 Å². The summed E-state index contributed by atoms with van der Waals surface area (Å²) in [5.41, 5.74) is 0. The second-order valence-electron chi connectivity index (χ2n) is 2.82. The third-order valence-electron chi connectivity index (χ3n) is 1.72. The average Bonchev–Trinajstić information content (AvgIpc) is 1.86. The number of hydrogen-bond acceptors (Lipinski definition) is 1. The zero-order chi connectivity index (χ0) is 7.98. The van der Waals surface area contributed by atoms with Gasteiger partial charge in [-0.2, -0.15) is 0 Å². The fourth-order valence-electron chi connectivity index (χ4n) is 1.13. The molecule has 59 valence electrons. The van der Waals surface area contributed by atoms with Crippen LogP contribution in [-0.2, 0) is 4.79 Å². The highest BCUT2D eigenvalue weighted by atomic mass is 16.1. The fraction of sp³-hybridized carbons (Fsp3) is 0.778. The molecule has 0 bridgehead atoms. The maximum atomic E-state index is 10.7. The van der Waals surface area contributed by atoms with Gasteiger partial charge in [0.05, 0.1) is 0 Å². The minimum absolute atomic E-state index is 0.314. The minimum atomic E-state index is 0.314. The van der Waals surface area contributed by atoms with Crippen molar-refractivity contribution in [2.45, 2.75) is 40.0 Å². The van der Waals surface area contributed by atoms with E-state index in [0.29, 0.717) is 11.7 Å². The molecule has 1 atom stereocenters. The third kappa shape index (κ3) is 4.54. The molecule has 0 aromatic carbocycles. The second-order valence-corrected chi connectivity index (χ2v) is 2.82. The van der Waals surface area contributed by atoms with Gasteiger partial charge in [-0.15, -0.1) is 0 Å². The first-order valence-electron chi connectivity index (χ1n) is 3.98. The molecule has 0 rings (SSSR count). The highest BCUT2D eigenvalue weighted by molar-refractivity contribution is 5.75. The molecule has 0 saturated heterocycles. The number of carbonyl (C=O) groups is 1. The summed E-state index contributed by atoms with van der Waals surface area (Å²) in [6, 6.07) is 0. The molecule has 0 aliphatic rings. The zero-order valence-electron chi connectivity index (χ0n) is 7.18. The Kier molecular flexibility index (Phi) is 5.27. The molecule has 1 radical (unpaired) electrons. The van der Waals surface area contributed by atoms with E-state index in [1.807, 2.05) is 6.92 Å². The van der Waals surface area contributed by atoms with Crippen molar-refractivity contribution in [1.29, 1.82) is 0 Å². The van der Waals surface area contributed by atoms with Crippen LogP contribution in [0.1, 0.15) is 40.0 Å². The lowest BCUT2D eigenvalue weighted by molar-refractivity contribution is -0.117. The second kappa shape index (κ2) is 5.45. The molecule has 0 amide bonds. The first-order chi connectivity index (χ1) is 4.70. The normalized spacial score (nSPS) is 13.1. The molecule has 0 aliphatic heterocycles. The number of ketones is 1. The molecule has 0 aromatic rings. The summed E-state index contributed by atoms with van der Waals surface area (Å²) in [4.78, 5) is 10.7. The van der Waals surface area contributed by atoms with E-state index >= 15 is 0 Å². The molecule has 10 heavy (non-hydrogen) atoms. The number of hydrogen-bond donors (Lipinski definition) is 0. The van der Waals surface area contributed by atoms with Gasteiger partial charge in [0.1, 0.15) is 5.78 Å². The zero-order valence-corrected chi connectivity index (χ0v) is 7.18. The van der Waals surface area contributed by atoms with Gasteiger partial charge in [-0.1, -0.05) is 20.3 Å². The summed E-state index contributed by atoms with van der Waals surface area (Å²) in [7, 11) is 0. The van der Waals surface area contributed by atoms with E-state index in [9.17, 15) is 4.79 Å². The van der Waals surface area contributed by atoms with Gasteiger partial charge in [0.15, 0.2) is 0 Å². The van der Waals surface area contributed by atoms with Gasteiger partial charge >= 0.3 is 0 Å². The van der Waals surface area contributed by atoms with Crippen molar-refractivity contribution < 1.29 is 4.79 Å². The number of Topliss-reactive ketones (excluding diaryl/α,β-unsaturated/α-hetero) is 1. The van der Waals surface area contributed by atoms with Crippen LogP contribution < -0.4 is 0 Å². The molecule has 0 N–H and O–H groups in total. The molecule has 1 heteroatoms. The van der Waals surface area contributed by atoms with E-state index in [4.69, 9.17) is 0 Å². The van der Waals surface area contributed by atoms with Gasteiger partial charge in [-0.3, -0.25) is 0 Å². The van der Waals surface area contributed by atoms with E-state index in [-0.39, 0.29) is 0 Å². The summed E-state index contributed by atoms with van der Waals surface area (Å²) < 4.78 is 0. The molecule has 0 spiro atoms. The first kappa shape index (κ1) is 9.67. The van der Waals surface area contributed by atoms with Crippen molar-refractivity contribution in [1.82, 2.24) is 0 Å². The van der Waals surface area contributed by atoms with Crippen molar-refractivity contribution in [3.05, 3.63) is 6.42 Å². The van der Waals surface area contributed by atoms with Crippen LogP contribution in [0, 0.1) is 12.3 Å². The van der Waals surface area contributed by atoms with Gasteiger partial charge in [0.25, 0.3) is 0 Å². The Morgan fingerprint density at radius 1 is 1.60 bits per heavy atom. The van der Waals surface area contributed by atoms with Crippen LogP contribution in [-0.4, -0.2) is 5.78 Å². The Hall–Kier alpha value is -0.330. The van der Waals surface area contributed by atoms with Crippen LogP contribution in [0.5, 0.6) is 0 Å². The van der Waals surface area contributed by atoms with Gasteiger partial charge < -0.3 is 4.79 Å². The van der Waals surface area contributed by atoms with Gasteiger partial charge in [-0.25, -0.2) is 0 Å². The Labute approximate surface area is 63.8 Å². The Bertz CT molecular complexity index is 96.9. The lowest BCUT2D eigenvalue weighted by Crippen LogP contribution is -2.04. The maximum Gasteiger partial charge on any atom is 0.130 e. The van der Waals surface area contributed by atoms with Gasteiger partial charge in [0, 0.05) is 6.42 Å². The van der Waals surface area contributed by atoms with Crippen LogP contribution in [0.2, 0.25) is 0 Å². The van der Waals surface area contributed by atoms with Crippen molar-refractivity contribution in [2.24, 2.45) is 5.92 Å². The summed E-state index contributed by atoms with van der Waals surface area (Å²) in [6.45, 7) is 5.85. The van der Waals surface area contributed by atoms with Gasteiger partial charge in [0.2, 0.25) is 0 Å². The smallest absolute Gasteiger partial charge is 0.130 e. The van der Waals surface area contributed by atoms with Crippen LogP contribution >= 0.6 is 0 Å². The fourth-order valence-corrected chi connectivity index (χ4v) is 1.13. The predicted octanol–water partition coefficient (Wildman–Crippen LogP) is 2.61. The molecule has 0 heterocycles. The summed E-state index contributed by atoms with van der Waals surface area (Å²) in [5, 5.41) is 0. The van der Waals surface area contributed by atoms with Crippen LogP contribution in [0.15, 0.2) is 0 Å². The van der Waals surface area contributed by atoms with Crippen LogP contribution in [0.3, 0.4) is 0 Å². The summed E-state index contributed by atoms with van der Waals surface area (Å²) in [6.07, 6.45) is 5.08. The lowest BCUT2D eigenvalue weighted by atomic mass is 9.95. The molecular weight excluding hydrogens is 124 g/mol. The summed E-state index contributed by atoms with van der Waals surface area (Å²) >= 11 is 0. The molecule has 0 fully saturated rings. The highest BCUT2D eigenvalue weighted by Gasteiger charge is 2.06. The van der Waals surface area contributed by atoms with E-state index in [2.05, 4.69) is 13.3 Å². The SMILES string of the molecule is C[CH]CC(CC)CC(C)=O. The van der Waals surface area contributed by atoms with Crippen LogP contribution in [0.4, 0.5) is 0 Å². The van der Waals surface area contributed by atoms with Crippen molar-refractivity contribution in [3.63, 3.8) is 0 Å². The number of rotatable bonds is 5. The Balaban J connectivity index is 3.49. The Morgan fingerprint density at radius 3 is 2.50 bits per heavy atom. The molecule has 1 unspecified atom stereocenters. The molecule has 0 saturated carbocycles. The predicted molar refractivity (Wildman–Crippen MR) is 43.7 cm³/mol. The van der Waals surface area contributed by atoms with E-state index in [0.717, 1.165) is 19.3 Å². The lowest BCUT2D eigenvalue weighted by Gasteiger charge is -2.09. The standard InChI is InChI=1S/C9H17O/c1-4-6-9(5-2)7-8(3)10/h4,9H,5-7H2,1-3H3. The van der Waals surface area contributed by atoms with Crippen molar-refractivity contribution in [3.8, 4) is 0 Å². The first-order valence-corrected chi connectivity index (χ1v) is 3.98. The molecule has 0 aromatic heterocycles. The topological polar surface area (TPSA) is 17.1 Å². The highest BCUT2D eigenvalue weighted by Crippen LogP contribution is 2.14. The van der Waals surface area contributed by atoms with Crippen molar-refractivity contribution >= 4 is 5.78 Å². The molecule has 1 nitrogen and oxygen atoms in total. The third-order valence-corrected chi connectivity index (χ3v) is 1.72. The minimum Gasteiger partial charge on any atom is -0.300 e. The number of carbonyl (C=O) groups excluding carboxylic acids is 1. The van der Waals surface area contributed by atoms with E-state index in [1.165, 1.54) is 0 Å². The van der Waals surface area contributed by atoms with Gasteiger partial charge in [-0.05, 0) is 25.7 Å². The molecular formula is C9H17O. The van der Waals surface area contributed by atoms with Crippen molar-refractivity contribution in [2.75, 3.05) is 0 Å². The van der Waals surface area contributed by atoms with Crippen LogP contribution in [0.25, 0.3) is 0 Å². The Morgan fingerprint density at radius 2 is 2.20 bits per heavy atom. The maximum absolute atomic E-state index is 10.7. The summed E-state index contributed by atoms with van der Waals surface area (Å²) in [5.74, 6) is 0.899. The quantitative estimate of drug-likeness (QED) is 0.575. The average molecular weight is 141 g/mol. The monoisotopic (exact) mass is 141 g/mol.